The van der Waals surface area contributed by atoms with Gasteiger partial charge in [-0.15, -0.1) is 6.58 Å². The summed E-state index contributed by atoms with van der Waals surface area (Å²) in [5, 5.41) is 0.794. The average molecular weight is 693 g/mol. The number of amides is 1. The molecule has 1 fully saturated rings. The Kier molecular flexibility index (Phi) is 9.51. The smallest absolute Gasteiger partial charge is 0.414 e. The molecule has 240 valence electrons. The van der Waals surface area contributed by atoms with E-state index in [0.717, 1.165) is 22.9 Å². The lowest BCUT2D eigenvalue weighted by molar-refractivity contribution is 0.0817. The standard InChI is InChI=1S/C33H36Cl3N3O5S/c1-5-10-27-29-25(18-20-37(27)31(41)44-21-33(34,35)36)24-11-7-8-12-26(24)39(29)30(40)28-13-9-19-38(28)45(42,43)23-16-14-22(15-17-23)32(3,4)6-2/h5,7-8,11-12,14-18,20,27-28H,1,6,9-10,13,19,21H2,2-4H3/t27-,28+/m1/s1. The fourth-order valence-corrected chi connectivity index (χ4v) is 7.86. The summed E-state index contributed by atoms with van der Waals surface area (Å²) in [6.45, 7) is 9.94. The van der Waals surface area contributed by atoms with Crippen LogP contribution in [0, 0.1) is 0 Å². The summed E-state index contributed by atoms with van der Waals surface area (Å²) in [5.41, 5.74) is 2.84. The van der Waals surface area contributed by atoms with E-state index in [1.807, 2.05) is 36.4 Å². The molecule has 0 radical (unpaired) electrons. The van der Waals surface area contributed by atoms with Crippen LogP contribution in [0.4, 0.5) is 4.79 Å². The van der Waals surface area contributed by atoms with Crippen LogP contribution in [0.3, 0.4) is 0 Å². The van der Waals surface area contributed by atoms with Gasteiger partial charge in [-0.25, -0.2) is 13.2 Å². The van der Waals surface area contributed by atoms with Gasteiger partial charge in [-0.05, 0) is 60.9 Å². The predicted octanol–water partition coefficient (Wildman–Crippen LogP) is 8.23. The predicted molar refractivity (Wildman–Crippen MR) is 179 cm³/mol. The van der Waals surface area contributed by atoms with Crippen LogP contribution >= 0.6 is 34.8 Å². The van der Waals surface area contributed by atoms with Gasteiger partial charge in [0.25, 0.3) is 0 Å². The molecule has 8 nitrogen and oxygen atoms in total. The second kappa shape index (κ2) is 12.8. The second-order valence-electron chi connectivity index (χ2n) is 12.0. The SMILES string of the molecule is C=CC[C@@H]1c2c(c3ccccc3n2C(=O)[C@@H]2CCCN2S(=O)(=O)c2ccc(C(C)(C)CC)cc2)C=CN1C(=O)OCC(Cl)(Cl)Cl. The van der Waals surface area contributed by atoms with Crippen LogP contribution in [-0.4, -0.2) is 57.2 Å². The number of halogens is 3. The number of sulfonamides is 1. The maximum Gasteiger partial charge on any atom is 0.414 e. The number of nitrogens with zero attached hydrogens (tertiary/aromatic N) is 3. The van der Waals surface area contributed by atoms with Crippen LogP contribution in [0.15, 0.2) is 72.3 Å². The van der Waals surface area contributed by atoms with E-state index in [2.05, 4.69) is 27.4 Å². The third-order valence-corrected chi connectivity index (χ3v) is 11.1. The molecule has 0 aliphatic carbocycles. The van der Waals surface area contributed by atoms with Crippen molar-refractivity contribution in [2.24, 2.45) is 0 Å². The van der Waals surface area contributed by atoms with Crippen molar-refractivity contribution in [3.63, 3.8) is 0 Å². The quantitative estimate of drug-likeness (QED) is 0.175. The van der Waals surface area contributed by atoms with Gasteiger partial charge in [-0.1, -0.05) is 92.0 Å². The van der Waals surface area contributed by atoms with Crippen LogP contribution in [0.25, 0.3) is 17.0 Å². The molecule has 0 saturated carbocycles. The van der Waals surface area contributed by atoms with E-state index < -0.39 is 44.5 Å². The molecule has 5 rings (SSSR count). The molecule has 2 aromatic carbocycles. The molecule has 2 aliphatic rings. The van der Waals surface area contributed by atoms with Crippen LogP contribution in [0.1, 0.15) is 74.1 Å². The zero-order chi connectivity index (χ0) is 32.7. The maximum absolute atomic E-state index is 14.6. The minimum atomic E-state index is -3.99. The topological polar surface area (TPSA) is 88.9 Å². The van der Waals surface area contributed by atoms with Gasteiger partial charge < -0.3 is 4.74 Å². The van der Waals surface area contributed by atoms with Crippen LogP contribution < -0.4 is 0 Å². The molecule has 2 aliphatic heterocycles. The Morgan fingerprint density at radius 1 is 1.09 bits per heavy atom. The fraction of sp³-hybridized carbons (Fsp3) is 0.394. The number of rotatable bonds is 8. The third kappa shape index (κ3) is 6.43. The number of hydrogen-bond acceptors (Lipinski definition) is 5. The van der Waals surface area contributed by atoms with Crippen LogP contribution in [-0.2, 0) is 20.2 Å². The Balaban J connectivity index is 1.55. The van der Waals surface area contributed by atoms with Gasteiger partial charge in [0, 0.05) is 23.7 Å². The number of ether oxygens (including phenoxy) is 1. The highest BCUT2D eigenvalue weighted by molar-refractivity contribution is 7.89. The van der Waals surface area contributed by atoms with Gasteiger partial charge in [0.1, 0.15) is 12.6 Å². The highest BCUT2D eigenvalue weighted by Gasteiger charge is 2.43. The number of hydrogen-bond donors (Lipinski definition) is 0. The summed E-state index contributed by atoms with van der Waals surface area (Å²) in [7, 11) is -3.99. The number of para-hydroxylation sites is 1. The molecule has 0 N–H and O–H groups in total. The van der Waals surface area contributed by atoms with Crippen molar-refractivity contribution in [2.45, 2.75) is 72.6 Å². The molecule has 0 bridgehead atoms. The number of aromatic nitrogens is 1. The van der Waals surface area contributed by atoms with E-state index in [-0.39, 0.29) is 23.3 Å². The first kappa shape index (κ1) is 33.5. The van der Waals surface area contributed by atoms with Gasteiger partial charge >= 0.3 is 6.09 Å². The van der Waals surface area contributed by atoms with Crippen molar-refractivity contribution >= 4 is 73.8 Å². The number of benzene rings is 2. The maximum atomic E-state index is 14.6. The monoisotopic (exact) mass is 691 g/mol. The summed E-state index contributed by atoms with van der Waals surface area (Å²) in [6.07, 6.45) is 6.26. The van der Waals surface area contributed by atoms with E-state index in [4.69, 9.17) is 39.5 Å². The molecule has 1 saturated heterocycles. The van der Waals surface area contributed by atoms with Crippen molar-refractivity contribution in [3.8, 4) is 0 Å². The molecule has 0 spiro atoms. The number of alkyl halides is 3. The average Bonchev–Trinajstić information content (AvgIpc) is 3.64. The summed E-state index contributed by atoms with van der Waals surface area (Å²) in [6, 6.07) is 12.7. The Morgan fingerprint density at radius 3 is 2.42 bits per heavy atom. The molecular formula is C33H36Cl3N3O5S. The highest BCUT2D eigenvalue weighted by atomic mass is 35.6. The van der Waals surface area contributed by atoms with Gasteiger partial charge in [-0.2, -0.15) is 4.31 Å². The first-order valence-corrected chi connectivity index (χ1v) is 17.4. The lowest BCUT2D eigenvalue weighted by Gasteiger charge is -2.33. The normalized spacial score (nSPS) is 19.1. The minimum Gasteiger partial charge on any atom is -0.445 e. The molecule has 3 heterocycles. The Hall–Kier alpha value is -2.82. The highest BCUT2D eigenvalue weighted by Crippen LogP contribution is 2.41. The van der Waals surface area contributed by atoms with Crippen LogP contribution in [0.2, 0.25) is 0 Å². The van der Waals surface area contributed by atoms with Crippen molar-refractivity contribution in [2.75, 3.05) is 13.2 Å². The Labute approximate surface area is 279 Å². The summed E-state index contributed by atoms with van der Waals surface area (Å²) in [5.74, 6) is -0.392. The summed E-state index contributed by atoms with van der Waals surface area (Å²) < 4.78 is 34.4. The Morgan fingerprint density at radius 2 is 1.78 bits per heavy atom. The minimum absolute atomic E-state index is 0.0964. The van der Waals surface area contributed by atoms with Gasteiger partial charge in [0.2, 0.25) is 19.7 Å². The van der Waals surface area contributed by atoms with Gasteiger partial charge in [0.15, 0.2) is 0 Å². The number of carbonyl (C=O) groups excluding carboxylic acids is 2. The summed E-state index contributed by atoms with van der Waals surface area (Å²) >= 11 is 17.4. The largest absolute Gasteiger partial charge is 0.445 e. The molecular weight excluding hydrogens is 657 g/mol. The van der Waals surface area contributed by atoms with Crippen molar-refractivity contribution in [3.05, 3.63) is 84.2 Å². The zero-order valence-electron chi connectivity index (χ0n) is 25.4. The van der Waals surface area contributed by atoms with Crippen LogP contribution in [0.5, 0.6) is 0 Å². The lowest BCUT2D eigenvalue weighted by Crippen LogP contribution is -2.44. The van der Waals surface area contributed by atoms with E-state index >= 15 is 0 Å². The first-order valence-electron chi connectivity index (χ1n) is 14.8. The molecule has 2 atom stereocenters. The zero-order valence-corrected chi connectivity index (χ0v) is 28.5. The molecule has 1 aromatic heterocycles. The second-order valence-corrected chi connectivity index (χ2v) is 16.4. The molecule has 1 amide bonds. The number of fused-ring (bicyclic) bond motifs is 3. The van der Waals surface area contributed by atoms with Crippen molar-refractivity contribution in [1.29, 1.82) is 0 Å². The van der Waals surface area contributed by atoms with Gasteiger partial charge in [0.05, 0.1) is 22.1 Å². The Bertz CT molecular complexity index is 1760. The summed E-state index contributed by atoms with van der Waals surface area (Å²) in [4.78, 5) is 29.3. The van der Waals surface area contributed by atoms with Crippen molar-refractivity contribution in [1.82, 2.24) is 13.8 Å². The molecule has 3 aromatic rings. The lowest BCUT2D eigenvalue weighted by atomic mass is 9.82. The molecule has 0 unspecified atom stereocenters. The van der Waals surface area contributed by atoms with Gasteiger partial charge in [-0.3, -0.25) is 14.3 Å². The molecule has 45 heavy (non-hydrogen) atoms. The molecule has 12 heteroatoms. The third-order valence-electron chi connectivity index (χ3n) is 8.80. The van der Waals surface area contributed by atoms with E-state index in [1.54, 1.807) is 35.1 Å². The fourth-order valence-electron chi connectivity index (χ4n) is 6.05. The number of carbonyl (C=O) groups is 2. The van der Waals surface area contributed by atoms with E-state index in [9.17, 15) is 18.0 Å². The van der Waals surface area contributed by atoms with E-state index in [1.165, 1.54) is 9.21 Å². The first-order chi connectivity index (χ1) is 21.2. The van der Waals surface area contributed by atoms with E-state index in [0.29, 0.717) is 24.1 Å². The van der Waals surface area contributed by atoms with Crippen molar-refractivity contribution < 1.29 is 22.7 Å².